The number of benzene rings is 1. The maximum Gasteiger partial charge on any atom is 0.353 e. The molecular formula is C16H19N5O4. The second kappa shape index (κ2) is 8.04. The van der Waals surface area contributed by atoms with E-state index >= 15 is 0 Å². The second-order valence-corrected chi connectivity index (χ2v) is 5.62. The van der Waals surface area contributed by atoms with Crippen LogP contribution in [0.4, 0.5) is 23.0 Å². The molecule has 2 aromatic rings. The fourth-order valence-electron chi connectivity index (χ4n) is 1.98. The van der Waals surface area contributed by atoms with E-state index in [9.17, 15) is 14.9 Å². The van der Waals surface area contributed by atoms with E-state index in [1.54, 1.807) is 24.3 Å². The predicted octanol–water partition coefficient (Wildman–Crippen LogP) is 2.98. The van der Waals surface area contributed by atoms with Gasteiger partial charge in [0.2, 0.25) is 11.6 Å². The molecule has 0 unspecified atom stereocenters. The Morgan fingerprint density at radius 2 is 1.88 bits per heavy atom. The van der Waals surface area contributed by atoms with Crippen molar-refractivity contribution in [2.75, 3.05) is 24.3 Å². The van der Waals surface area contributed by atoms with E-state index in [2.05, 4.69) is 20.6 Å². The molecule has 25 heavy (non-hydrogen) atoms. The molecule has 1 heterocycles. The monoisotopic (exact) mass is 345 g/mol. The molecule has 9 heteroatoms. The highest BCUT2D eigenvalue weighted by Crippen LogP contribution is 2.30. The van der Waals surface area contributed by atoms with Gasteiger partial charge >= 0.3 is 11.7 Å². The van der Waals surface area contributed by atoms with Gasteiger partial charge in [0.15, 0.2) is 0 Å². The maximum absolute atomic E-state index is 11.9. The largest absolute Gasteiger partial charge is 0.462 e. The third-order valence-electron chi connectivity index (χ3n) is 3.17. The molecule has 9 nitrogen and oxygen atoms in total. The van der Waals surface area contributed by atoms with Crippen molar-refractivity contribution < 1.29 is 14.5 Å². The Hall–Kier alpha value is -3.23. The Balaban J connectivity index is 2.17. The van der Waals surface area contributed by atoms with Crippen molar-refractivity contribution in [1.29, 1.82) is 0 Å². The topological polar surface area (TPSA) is 119 Å². The Labute approximate surface area is 144 Å². The number of nitrogens with one attached hydrogen (secondary N) is 2. The first-order valence-corrected chi connectivity index (χ1v) is 7.63. The van der Waals surface area contributed by atoms with Crippen molar-refractivity contribution in [2.45, 2.75) is 13.8 Å². The molecule has 0 saturated carbocycles. The summed E-state index contributed by atoms with van der Waals surface area (Å²) in [6, 6.07) is 6.40. The number of ether oxygens (including phenoxy) is 1. The summed E-state index contributed by atoms with van der Waals surface area (Å²) in [6.07, 6.45) is 1.22. The molecule has 0 fully saturated rings. The minimum absolute atomic E-state index is 0.0551. The number of hydrogen-bond acceptors (Lipinski definition) is 8. The average Bonchev–Trinajstić information content (AvgIpc) is 2.59. The first kappa shape index (κ1) is 18.1. The van der Waals surface area contributed by atoms with Crippen LogP contribution in [0.1, 0.15) is 24.2 Å². The third-order valence-corrected chi connectivity index (χ3v) is 3.17. The molecule has 0 bridgehead atoms. The number of hydrogen-bond donors (Lipinski definition) is 2. The van der Waals surface area contributed by atoms with Gasteiger partial charge in [0.1, 0.15) is 6.33 Å². The van der Waals surface area contributed by atoms with E-state index in [4.69, 9.17) is 4.74 Å². The van der Waals surface area contributed by atoms with Gasteiger partial charge < -0.3 is 15.4 Å². The van der Waals surface area contributed by atoms with E-state index in [1.807, 2.05) is 13.8 Å². The highest BCUT2D eigenvalue weighted by Gasteiger charge is 2.22. The van der Waals surface area contributed by atoms with Gasteiger partial charge in [-0.25, -0.2) is 14.8 Å². The van der Waals surface area contributed by atoms with Crippen LogP contribution < -0.4 is 10.6 Å². The molecule has 0 saturated heterocycles. The van der Waals surface area contributed by atoms with Crippen molar-refractivity contribution in [3.05, 3.63) is 46.3 Å². The molecule has 0 radical (unpaired) electrons. The van der Waals surface area contributed by atoms with Crippen molar-refractivity contribution in [3.63, 3.8) is 0 Å². The smallest absolute Gasteiger partial charge is 0.353 e. The van der Waals surface area contributed by atoms with Gasteiger partial charge in [0.05, 0.1) is 17.1 Å². The van der Waals surface area contributed by atoms with Gasteiger partial charge in [0.25, 0.3) is 0 Å². The van der Waals surface area contributed by atoms with Crippen molar-refractivity contribution in [3.8, 4) is 0 Å². The zero-order valence-electron chi connectivity index (χ0n) is 14.1. The zero-order valence-corrected chi connectivity index (χ0v) is 14.1. The van der Waals surface area contributed by atoms with Gasteiger partial charge in [-0.2, -0.15) is 0 Å². The van der Waals surface area contributed by atoms with Crippen LogP contribution in [0.5, 0.6) is 0 Å². The van der Waals surface area contributed by atoms with Gasteiger partial charge in [-0.05, 0) is 30.2 Å². The highest BCUT2D eigenvalue weighted by molar-refractivity contribution is 5.90. The minimum atomic E-state index is -0.564. The van der Waals surface area contributed by atoms with Gasteiger partial charge in [0, 0.05) is 12.7 Å². The molecule has 132 valence electrons. The molecule has 0 amide bonds. The standard InChI is InChI=1S/C16H19N5O4/c1-10(2)8-25-16(22)11-4-6-12(7-5-11)20-15-13(21(23)24)14(17-3)18-9-19-15/h4-7,9-10H,8H2,1-3H3,(H2,17,18,19,20). The quantitative estimate of drug-likeness (QED) is 0.446. The highest BCUT2D eigenvalue weighted by atomic mass is 16.6. The van der Waals surface area contributed by atoms with Crippen LogP contribution in [0.3, 0.4) is 0 Å². The zero-order chi connectivity index (χ0) is 18.4. The number of nitrogens with zero attached hydrogens (tertiary/aromatic N) is 3. The van der Waals surface area contributed by atoms with Crippen LogP contribution in [0.2, 0.25) is 0 Å². The molecule has 2 rings (SSSR count). The fraction of sp³-hybridized carbons (Fsp3) is 0.312. The Morgan fingerprint density at radius 3 is 2.44 bits per heavy atom. The summed E-state index contributed by atoms with van der Waals surface area (Å²) in [7, 11) is 1.54. The van der Waals surface area contributed by atoms with Crippen LogP contribution in [0, 0.1) is 16.0 Å². The number of nitro groups is 1. The first-order chi connectivity index (χ1) is 11.9. The molecular weight excluding hydrogens is 326 g/mol. The van der Waals surface area contributed by atoms with Crippen LogP contribution >= 0.6 is 0 Å². The normalized spacial score (nSPS) is 10.4. The second-order valence-electron chi connectivity index (χ2n) is 5.62. The lowest BCUT2D eigenvalue weighted by molar-refractivity contribution is -0.383. The van der Waals surface area contributed by atoms with Crippen molar-refractivity contribution in [2.24, 2.45) is 5.92 Å². The molecule has 0 spiro atoms. The van der Waals surface area contributed by atoms with Crippen LogP contribution in [0.15, 0.2) is 30.6 Å². The van der Waals surface area contributed by atoms with Crippen molar-refractivity contribution in [1.82, 2.24) is 9.97 Å². The lowest BCUT2D eigenvalue weighted by atomic mass is 10.2. The Kier molecular flexibility index (Phi) is 5.83. The Morgan fingerprint density at radius 1 is 1.24 bits per heavy atom. The van der Waals surface area contributed by atoms with Gasteiger partial charge in [-0.3, -0.25) is 10.1 Å². The minimum Gasteiger partial charge on any atom is -0.462 e. The third kappa shape index (κ3) is 4.63. The van der Waals surface area contributed by atoms with Crippen LogP contribution in [0.25, 0.3) is 0 Å². The number of carbonyl (C=O) groups is 1. The lowest BCUT2D eigenvalue weighted by Gasteiger charge is -2.09. The van der Waals surface area contributed by atoms with E-state index in [-0.39, 0.29) is 23.2 Å². The summed E-state index contributed by atoms with van der Waals surface area (Å²) in [5.41, 5.74) is 0.689. The molecule has 1 aromatic heterocycles. The summed E-state index contributed by atoms with van der Waals surface area (Å²) < 4.78 is 5.15. The number of anilines is 3. The number of rotatable bonds is 7. The molecule has 0 aliphatic carbocycles. The number of carbonyl (C=O) groups excluding carboxylic acids is 1. The first-order valence-electron chi connectivity index (χ1n) is 7.63. The summed E-state index contributed by atoms with van der Waals surface area (Å²) in [6.45, 7) is 4.25. The maximum atomic E-state index is 11.9. The molecule has 2 N–H and O–H groups in total. The molecule has 1 aromatic carbocycles. The average molecular weight is 345 g/mol. The van der Waals surface area contributed by atoms with Crippen LogP contribution in [-0.2, 0) is 4.74 Å². The Bertz CT molecular complexity index is 762. The van der Waals surface area contributed by atoms with E-state index in [0.29, 0.717) is 17.9 Å². The number of aromatic nitrogens is 2. The fourth-order valence-corrected chi connectivity index (χ4v) is 1.98. The number of esters is 1. The van der Waals surface area contributed by atoms with Crippen molar-refractivity contribution >= 4 is 29.0 Å². The van der Waals surface area contributed by atoms with Gasteiger partial charge in [-0.1, -0.05) is 13.8 Å². The summed E-state index contributed by atoms with van der Waals surface area (Å²) in [5, 5.41) is 16.8. The molecule has 0 aliphatic heterocycles. The SMILES string of the molecule is CNc1ncnc(Nc2ccc(C(=O)OCC(C)C)cc2)c1[N+](=O)[O-]. The summed E-state index contributed by atoms with van der Waals surface area (Å²) >= 11 is 0. The summed E-state index contributed by atoms with van der Waals surface area (Å²) in [4.78, 5) is 30.3. The molecule has 0 aliphatic rings. The lowest BCUT2D eigenvalue weighted by Crippen LogP contribution is -2.10. The predicted molar refractivity (Wildman–Crippen MR) is 93.1 cm³/mol. The summed E-state index contributed by atoms with van der Waals surface area (Å²) in [5.74, 6) is 0.00572. The van der Waals surface area contributed by atoms with E-state index in [1.165, 1.54) is 13.4 Å². The van der Waals surface area contributed by atoms with Crippen LogP contribution in [-0.4, -0.2) is 34.5 Å². The van der Waals surface area contributed by atoms with E-state index < -0.39 is 10.9 Å². The van der Waals surface area contributed by atoms with E-state index in [0.717, 1.165) is 0 Å². The van der Waals surface area contributed by atoms with Gasteiger partial charge in [-0.15, -0.1) is 0 Å². The molecule has 0 atom stereocenters.